The molecule has 7 nitrogen and oxygen atoms in total. The number of rotatable bonds is 7. The average Bonchev–Trinajstić information content (AvgIpc) is 3.39. The molecule has 2 aromatic heterocycles. The van der Waals surface area contributed by atoms with Crippen LogP contribution in [-0.4, -0.2) is 63.0 Å². The van der Waals surface area contributed by atoms with Gasteiger partial charge in [0.25, 0.3) is 0 Å². The SMILES string of the molecule is CCNC(=NCc1ccc(-n2ccnc2)nc1)N1CCN(C(CC)c2ccccc2)CC1.I. The van der Waals surface area contributed by atoms with Crippen LogP contribution in [0.2, 0.25) is 0 Å². The van der Waals surface area contributed by atoms with Crippen LogP contribution in [-0.2, 0) is 6.54 Å². The van der Waals surface area contributed by atoms with Crippen molar-refractivity contribution < 1.29 is 0 Å². The number of benzene rings is 1. The Balaban J connectivity index is 0.00000306. The van der Waals surface area contributed by atoms with Gasteiger partial charge in [0.2, 0.25) is 0 Å². The van der Waals surface area contributed by atoms with Crippen LogP contribution in [0.25, 0.3) is 5.82 Å². The summed E-state index contributed by atoms with van der Waals surface area (Å²) in [5.41, 5.74) is 2.51. The molecule has 176 valence electrons. The zero-order valence-electron chi connectivity index (χ0n) is 19.5. The van der Waals surface area contributed by atoms with Gasteiger partial charge >= 0.3 is 0 Å². The summed E-state index contributed by atoms with van der Waals surface area (Å²) in [5.74, 6) is 1.85. The van der Waals surface area contributed by atoms with Gasteiger partial charge in [0, 0.05) is 57.4 Å². The first-order chi connectivity index (χ1) is 15.8. The normalized spacial score (nSPS) is 15.7. The van der Waals surface area contributed by atoms with E-state index in [1.54, 1.807) is 12.5 Å². The molecule has 0 saturated carbocycles. The second-order valence-electron chi connectivity index (χ2n) is 8.02. The maximum absolute atomic E-state index is 4.90. The quantitative estimate of drug-likeness (QED) is 0.268. The number of guanidine groups is 1. The molecular formula is C25H34IN7. The van der Waals surface area contributed by atoms with Gasteiger partial charge in [0.15, 0.2) is 5.96 Å². The van der Waals surface area contributed by atoms with Gasteiger partial charge < -0.3 is 10.2 Å². The molecule has 3 aromatic rings. The number of piperazine rings is 1. The largest absolute Gasteiger partial charge is 0.357 e. The third-order valence-corrected chi connectivity index (χ3v) is 5.95. The van der Waals surface area contributed by atoms with Crippen molar-refractivity contribution in [3.8, 4) is 5.82 Å². The number of nitrogens with zero attached hydrogens (tertiary/aromatic N) is 6. The van der Waals surface area contributed by atoms with Crippen LogP contribution < -0.4 is 5.32 Å². The summed E-state index contributed by atoms with van der Waals surface area (Å²) in [7, 11) is 0. The maximum Gasteiger partial charge on any atom is 0.194 e. The highest BCUT2D eigenvalue weighted by molar-refractivity contribution is 14.0. The number of aliphatic imine (C=N–C) groups is 1. The molecule has 0 radical (unpaired) electrons. The smallest absolute Gasteiger partial charge is 0.194 e. The minimum Gasteiger partial charge on any atom is -0.357 e. The fourth-order valence-corrected chi connectivity index (χ4v) is 4.27. The topological polar surface area (TPSA) is 61.6 Å². The minimum atomic E-state index is 0. The second kappa shape index (κ2) is 12.7. The average molecular weight is 560 g/mol. The lowest BCUT2D eigenvalue weighted by Gasteiger charge is -2.40. The number of aromatic nitrogens is 3. The first-order valence-corrected chi connectivity index (χ1v) is 11.5. The first-order valence-electron chi connectivity index (χ1n) is 11.5. The van der Waals surface area contributed by atoms with E-state index in [4.69, 9.17) is 4.99 Å². The van der Waals surface area contributed by atoms with Gasteiger partial charge in [0.1, 0.15) is 12.1 Å². The summed E-state index contributed by atoms with van der Waals surface area (Å²) in [5, 5.41) is 3.47. The standard InChI is InChI=1S/C25H33N7.HI/c1-3-23(22-8-6-5-7-9-22)30-14-16-31(17-15-30)25(27-4-2)29-19-21-10-11-24(28-18-21)32-13-12-26-20-32;/h5-13,18,20,23H,3-4,14-17,19H2,1-2H3,(H,27,29);1H. The molecule has 1 unspecified atom stereocenters. The first kappa shape index (κ1) is 25.2. The Morgan fingerprint density at radius 1 is 1.06 bits per heavy atom. The summed E-state index contributed by atoms with van der Waals surface area (Å²) < 4.78 is 1.90. The van der Waals surface area contributed by atoms with E-state index in [9.17, 15) is 0 Å². The Kier molecular flexibility index (Phi) is 9.68. The second-order valence-corrected chi connectivity index (χ2v) is 8.02. The van der Waals surface area contributed by atoms with Gasteiger partial charge in [-0.2, -0.15) is 0 Å². The van der Waals surface area contributed by atoms with Crippen molar-refractivity contribution >= 4 is 29.9 Å². The van der Waals surface area contributed by atoms with Crippen molar-refractivity contribution in [2.45, 2.75) is 32.9 Å². The Morgan fingerprint density at radius 2 is 1.85 bits per heavy atom. The number of hydrogen-bond donors (Lipinski definition) is 1. The summed E-state index contributed by atoms with van der Waals surface area (Å²) in [4.78, 5) is 18.5. The summed E-state index contributed by atoms with van der Waals surface area (Å²) in [6, 6.07) is 15.4. The predicted octanol–water partition coefficient (Wildman–Crippen LogP) is 4.12. The molecule has 1 saturated heterocycles. The van der Waals surface area contributed by atoms with Crippen LogP contribution in [0.1, 0.15) is 37.4 Å². The van der Waals surface area contributed by atoms with Crippen LogP contribution in [0, 0.1) is 0 Å². The highest BCUT2D eigenvalue weighted by Crippen LogP contribution is 2.25. The van der Waals surface area contributed by atoms with Crippen LogP contribution in [0.3, 0.4) is 0 Å². The van der Waals surface area contributed by atoms with Crippen molar-refractivity contribution in [1.82, 2.24) is 29.7 Å². The van der Waals surface area contributed by atoms with E-state index in [0.29, 0.717) is 12.6 Å². The lowest BCUT2D eigenvalue weighted by molar-refractivity contribution is 0.127. The molecule has 1 aliphatic rings. The van der Waals surface area contributed by atoms with Crippen LogP contribution in [0.15, 0.2) is 72.4 Å². The van der Waals surface area contributed by atoms with E-state index in [0.717, 1.165) is 56.5 Å². The summed E-state index contributed by atoms with van der Waals surface area (Å²) in [6.45, 7) is 9.91. The van der Waals surface area contributed by atoms with E-state index in [2.05, 4.69) is 75.3 Å². The van der Waals surface area contributed by atoms with Crippen molar-refractivity contribution in [3.05, 3.63) is 78.5 Å². The van der Waals surface area contributed by atoms with E-state index >= 15 is 0 Å². The zero-order chi connectivity index (χ0) is 22.2. The van der Waals surface area contributed by atoms with Crippen LogP contribution in [0.4, 0.5) is 0 Å². The van der Waals surface area contributed by atoms with E-state index in [-0.39, 0.29) is 24.0 Å². The highest BCUT2D eigenvalue weighted by Gasteiger charge is 2.25. The Hall–Kier alpha value is -2.46. The van der Waals surface area contributed by atoms with Gasteiger partial charge in [0.05, 0.1) is 6.54 Å². The van der Waals surface area contributed by atoms with Crippen molar-refractivity contribution in [3.63, 3.8) is 0 Å². The molecule has 1 aromatic carbocycles. The van der Waals surface area contributed by atoms with E-state index in [1.165, 1.54) is 5.56 Å². The van der Waals surface area contributed by atoms with Gasteiger partial charge in [-0.3, -0.25) is 9.47 Å². The molecule has 0 bridgehead atoms. The minimum absolute atomic E-state index is 0. The number of pyridine rings is 1. The third-order valence-electron chi connectivity index (χ3n) is 5.95. The van der Waals surface area contributed by atoms with E-state index in [1.807, 2.05) is 23.0 Å². The molecule has 3 heterocycles. The molecule has 1 fully saturated rings. The van der Waals surface area contributed by atoms with E-state index < -0.39 is 0 Å². The molecule has 8 heteroatoms. The highest BCUT2D eigenvalue weighted by atomic mass is 127. The Bertz CT molecular complexity index is 966. The summed E-state index contributed by atoms with van der Waals surface area (Å²) in [6.07, 6.45) is 8.42. The lowest BCUT2D eigenvalue weighted by atomic mass is 10.0. The maximum atomic E-state index is 4.90. The molecule has 1 aliphatic heterocycles. The molecule has 1 N–H and O–H groups in total. The number of imidazole rings is 1. The molecule has 0 aliphatic carbocycles. The third kappa shape index (κ3) is 6.54. The molecule has 0 amide bonds. The van der Waals surface area contributed by atoms with Crippen molar-refractivity contribution in [1.29, 1.82) is 0 Å². The van der Waals surface area contributed by atoms with Gasteiger partial charge in [-0.25, -0.2) is 15.0 Å². The Labute approximate surface area is 214 Å². The van der Waals surface area contributed by atoms with Crippen LogP contribution in [0.5, 0.6) is 0 Å². The number of halogens is 1. The zero-order valence-corrected chi connectivity index (χ0v) is 21.8. The molecule has 0 spiro atoms. The summed E-state index contributed by atoms with van der Waals surface area (Å²) >= 11 is 0. The molecule has 33 heavy (non-hydrogen) atoms. The molecule has 1 atom stereocenters. The predicted molar refractivity (Wildman–Crippen MR) is 144 cm³/mol. The fraction of sp³-hybridized carbons (Fsp3) is 0.400. The van der Waals surface area contributed by atoms with Gasteiger partial charge in [-0.15, -0.1) is 24.0 Å². The van der Waals surface area contributed by atoms with Gasteiger partial charge in [-0.05, 0) is 30.5 Å². The lowest BCUT2D eigenvalue weighted by Crippen LogP contribution is -2.53. The fourth-order valence-electron chi connectivity index (χ4n) is 4.27. The monoisotopic (exact) mass is 559 g/mol. The van der Waals surface area contributed by atoms with Gasteiger partial charge in [-0.1, -0.05) is 43.3 Å². The number of nitrogens with one attached hydrogen (secondary N) is 1. The van der Waals surface area contributed by atoms with Crippen molar-refractivity contribution in [2.75, 3.05) is 32.7 Å². The van der Waals surface area contributed by atoms with Crippen LogP contribution >= 0.6 is 24.0 Å². The molecular weight excluding hydrogens is 525 g/mol. The Morgan fingerprint density at radius 3 is 2.45 bits per heavy atom. The molecule has 4 rings (SSSR count). The van der Waals surface area contributed by atoms with Crippen molar-refractivity contribution in [2.24, 2.45) is 4.99 Å². The number of hydrogen-bond acceptors (Lipinski definition) is 4.